The van der Waals surface area contributed by atoms with Crippen LogP contribution in [0.5, 0.6) is 0 Å². The molecule has 5 nitrogen and oxygen atoms in total. The summed E-state index contributed by atoms with van der Waals surface area (Å²) in [5.41, 5.74) is 3.32. The second kappa shape index (κ2) is 4.77. The van der Waals surface area contributed by atoms with Crippen LogP contribution in [0.1, 0.15) is 23.0 Å². The van der Waals surface area contributed by atoms with Gasteiger partial charge in [0.15, 0.2) is 5.78 Å². The molecule has 0 fully saturated rings. The fourth-order valence-electron chi connectivity index (χ4n) is 2.12. The van der Waals surface area contributed by atoms with E-state index >= 15 is 0 Å². The Balaban J connectivity index is 2.01. The van der Waals surface area contributed by atoms with Crippen LogP contribution in [0.15, 0.2) is 36.7 Å². The summed E-state index contributed by atoms with van der Waals surface area (Å²) < 4.78 is 0. The summed E-state index contributed by atoms with van der Waals surface area (Å²) in [5, 5.41) is 4.16. The van der Waals surface area contributed by atoms with Gasteiger partial charge in [-0.3, -0.25) is 4.79 Å². The number of hydrogen-bond acceptors (Lipinski definition) is 4. The molecule has 0 aliphatic rings. The summed E-state index contributed by atoms with van der Waals surface area (Å²) in [6, 6.07) is 9.35. The number of fused-ring (bicyclic) bond motifs is 1. The Morgan fingerprint density at radius 2 is 2.10 bits per heavy atom. The first-order valence-electron chi connectivity index (χ1n) is 6.32. The molecule has 0 saturated heterocycles. The Labute approximate surface area is 116 Å². The molecule has 3 aromatic rings. The van der Waals surface area contributed by atoms with Gasteiger partial charge in [-0.25, -0.2) is 9.97 Å². The second-order valence-electron chi connectivity index (χ2n) is 4.70. The van der Waals surface area contributed by atoms with Crippen LogP contribution in [-0.2, 0) is 0 Å². The van der Waals surface area contributed by atoms with Crippen LogP contribution in [0.2, 0.25) is 0 Å². The highest BCUT2D eigenvalue weighted by molar-refractivity contribution is 5.95. The summed E-state index contributed by atoms with van der Waals surface area (Å²) in [6.07, 6.45) is 1.51. The SMILES string of the molecule is CC(=O)c1cccc(Nc2ncnc3[nH]c(C)cc23)c1. The summed E-state index contributed by atoms with van der Waals surface area (Å²) >= 11 is 0. The van der Waals surface area contributed by atoms with E-state index in [0.717, 1.165) is 28.2 Å². The van der Waals surface area contributed by atoms with E-state index in [1.165, 1.54) is 6.33 Å². The van der Waals surface area contributed by atoms with Crippen LogP contribution in [0.3, 0.4) is 0 Å². The highest BCUT2D eigenvalue weighted by Crippen LogP contribution is 2.24. The number of hydrogen-bond donors (Lipinski definition) is 2. The van der Waals surface area contributed by atoms with Gasteiger partial charge >= 0.3 is 0 Å². The Morgan fingerprint density at radius 3 is 2.90 bits per heavy atom. The van der Waals surface area contributed by atoms with E-state index in [2.05, 4.69) is 20.3 Å². The molecule has 100 valence electrons. The summed E-state index contributed by atoms with van der Waals surface area (Å²) in [5.74, 6) is 0.763. The standard InChI is InChI=1S/C15H14N4O/c1-9-6-13-14(18-9)16-8-17-15(13)19-12-5-3-4-11(7-12)10(2)20/h3-8H,1-2H3,(H2,16,17,18,19). The fraction of sp³-hybridized carbons (Fsp3) is 0.133. The van der Waals surface area contributed by atoms with Gasteiger partial charge in [-0.2, -0.15) is 0 Å². The number of nitrogens with zero attached hydrogens (tertiary/aromatic N) is 2. The minimum Gasteiger partial charge on any atom is -0.343 e. The number of nitrogens with one attached hydrogen (secondary N) is 2. The largest absolute Gasteiger partial charge is 0.343 e. The number of Topliss-reactive ketones (excluding diaryl/α,β-unsaturated/α-hetero) is 1. The Hall–Kier alpha value is -2.69. The lowest BCUT2D eigenvalue weighted by Crippen LogP contribution is -1.97. The molecule has 2 aromatic heterocycles. The highest BCUT2D eigenvalue weighted by Gasteiger charge is 2.07. The quantitative estimate of drug-likeness (QED) is 0.714. The first-order chi connectivity index (χ1) is 9.63. The predicted molar refractivity (Wildman–Crippen MR) is 78.4 cm³/mol. The number of H-pyrrole nitrogens is 1. The molecule has 3 rings (SSSR count). The van der Waals surface area contributed by atoms with Gasteiger partial charge < -0.3 is 10.3 Å². The van der Waals surface area contributed by atoms with Crippen LogP contribution < -0.4 is 5.32 Å². The van der Waals surface area contributed by atoms with Gasteiger partial charge in [-0.1, -0.05) is 12.1 Å². The second-order valence-corrected chi connectivity index (χ2v) is 4.70. The number of aromatic amines is 1. The maximum Gasteiger partial charge on any atom is 0.159 e. The lowest BCUT2D eigenvalue weighted by molar-refractivity contribution is 0.101. The van der Waals surface area contributed by atoms with Crippen molar-refractivity contribution in [3.8, 4) is 0 Å². The van der Waals surface area contributed by atoms with Gasteiger partial charge in [-0.05, 0) is 32.0 Å². The number of benzene rings is 1. The van der Waals surface area contributed by atoms with Crippen molar-refractivity contribution in [1.29, 1.82) is 0 Å². The van der Waals surface area contributed by atoms with Crippen molar-refractivity contribution < 1.29 is 4.79 Å². The smallest absolute Gasteiger partial charge is 0.159 e. The van der Waals surface area contributed by atoms with Gasteiger partial charge in [0.2, 0.25) is 0 Å². The van der Waals surface area contributed by atoms with E-state index in [-0.39, 0.29) is 5.78 Å². The van der Waals surface area contributed by atoms with E-state index in [9.17, 15) is 4.79 Å². The number of aromatic nitrogens is 3. The molecule has 0 spiro atoms. The summed E-state index contributed by atoms with van der Waals surface area (Å²) in [4.78, 5) is 23.0. The van der Waals surface area contributed by atoms with Crippen molar-refractivity contribution in [3.05, 3.63) is 47.9 Å². The lowest BCUT2D eigenvalue weighted by atomic mass is 10.1. The van der Waals surface area contributed by atoms with E-state index in [4.69, 9.17) is 0 Å². The van der Waals surface area contributed by atoms with Gasteiger partial charge in [0.05, 0.1) is 5.39 Å². The molecule has 0 saturated carbocycles. The monoisotopic (exact) mass is 266 g/mol. The molecule has 0 aliphatic carbocycles. The van der Waals surface area contributed by atoms with Crippen LogP contribution in [0, 0.1) is 6.92 Å². The van der Waals surface area contributed by atoms with E-state index < -0.39 is 0 Å². The summed E-state index contributed by atoms with van der Waals surface area (Å²) in [6.45, 7) is 3.53. The van der Waals surface area contributed by atoms with Crippen molar-refractivity contribution in [2.45, 2.75) is 13.8 Å². The van der Waals surface area contributed by atoms with Crippen LogP contribution in [-0.4, -0.2) is 20.7 Å². The molecule has 0 radical (unpaired) electrons. The number of aryl methyl sites for hydroxylation is 1. The van der Waals surface area contributed by atoms with Gasteiger partial charge in [0.1, 0.15) is 17.8 Å². The maximum atomic E-state index is 11.4. The Kier molecular flexibility index (Phi) is 2.95. The van der Waals surface area contributed by atoms with E-state index in [1.54, 1.807) is 13.0 Å². The minimum atomic E-state index is 0.0407. The third kappa shape index (κ3) is 2.25. The molecule has 0 aliphatic heterocycles. The molecule has 5 heteroatoms. The Bertz CT molecular complexity index is 791. The molecule has 0 amide bonds. The predicted octanol–water partition coefficient (Wildman–Crippen LogP) is 3.21. The van der Waals surface area contributed by atoms with E-state index in [0.29, 0.717) is 5.56 Å². The molecule has 0 unspecified atom stereocenters. The van der Waals surface area contributed by atoms with Gasteiger partial charge in [0.25, 0.3) is 0 Å². The molecule has 2 heterocycles. The van der Waals surface area contributed by atoms with Crippen molar-refractivity contribution in [2.75, 3.05) is 5.32 Å². The topological polar surface area (TPSA) is 70.7 Å². The zero-order chi connectivity index (χ0) is 14.1. The van der Waals surface area contributed by atoms with Crippen molar-refractivity contribution in [3.63, 3.8) is 0 Å². The Morgan fingerprint density at radius 1 is 1.25 bits per heavy atom. The van der Waals surface area contributed by atoms with Crippen LogP contribution in [0.4, 0.5) is 11.5 Å². The first kappa shape index (κ1) is 12.3. The average molecular weight is 266 g/mol. The van der Waals surface area contributed by atoms with Crippen molar-refractivity contribution >= 4 is 28.3 Å². The number of rotatable bonds is 3. The van der Waals surface area contributed by atoms with E-state index in [1.807, 2.05) is 31.2 Å². The number of carbonyl (C=O) groups excluding carboxylic acids is 1. The maximum absolute atomic E-state index is 11.4. The fourth-order valence-corrected chi connectivity index (χ4v) is 2.12. The molecule has 20 heavy (non-hydrogen) atoms. The van der Waals surface area contributed by atoms with Gasteiger partial charge in [0, 0.05) is 16.9 Å². The molecule has 0 atom stereocenters. The third-order valence-electron chi connectivity index (χ3n) is 3.09. The lowest BCUT2D eigenvalue weighted by Gasteiger charge is -2.07. The van der Waals surface area contributed by atoms with Crippen molar-refractivity contribution in [2.24, 2.45) is 0 Å². The molecule has 1 aromatic carbocycles. The molecular weight excluding hydrogens is 252 g/mol. The normalized spacial score (nSPS) is 10.7. The summed E-state index contributed by atoms with van der Waals surface area (Å²) in [7, 11) is 0. The number of anilines is 2. The highest BCUT2D eigenvalue weighted by atomic mass is 16.1. The zero-order valence-electron chi connectivity index (χ0n) is 11.3. The zero-order valence-corrected chi connectivity index (χ0v) is 11.3. The number of ketones is 1. The molecule has 2 N–H and O–H groups in total. The molecular formula is C15H14N4O. The van der Waals surface area contributed by atoms with Gasteiger partial charge in [-0.15, -0.1) is 0 Å². The van der Waals surface area contributed by atoms with Crippen molar-refractivity contribution in [1.82, 2.24) is 15.0 Å². The number of carbonyl (C=O) groups is 1. The average Bonchev–Trinajstić information content (AvgIpc) is 2.80. The van der Waals surface area contributed by atoms with Crippen LogP contribution >= 0.6 is 0 Å². The minimum absolute atomic E-state index is 0.0407. The van der Waals surface area contributed by atoms with Crippen LogP contribution in [0.25, 0.3) is 11.0 Å². The third-order valence-corrected chi connectivity index (χ3v) is 3.09. The molecule has 0 bridgehead atoms. The first-order valence-corrected chi connectivity index (χ1v) is 6.32.